The highest BCUT2D eigenvalue weighted by molar-refractivity contribution is 7.18. The SMILES string of the molecule is Cc1noc(C)c1-c1nc2sc3c(c2c(=O)[nH]1)CCN(CCCCCC(=O)NO)C3. The van der Waals surface area contributed by atoms with Crippen LogP contribution in [0.2, 0.25) is 0 Å². The minimum absolute atomic E-state index is 0.108. The van der Waals surface area contributed by atoms with Crippen LogP contribution in [0.15, 0.2) is 9.32 Å². The Morgan fingerprint density at radius 2 is 2.17 bits per heavy atom. The van der Waals surface area contributed by atoms with E-state index in [1.54, 1.807) is 16.8 Å². The van der Waals surface area contributed by atoms with Crippen molar-refractivity contribution in [1.29, 1.82) is 0 Å². The number of nitrogens with one attached hydrogen (secondary N) is 2. The number of amides is 1. The molecule has 0 spiro atoms. The third-order valence-electron chi connectivity index (χ3n) is 5.56. The molecule has 0 unspecified atom stereocenters. The van der Waals surface area contributed by atoms with Crippen LogP contribution in [0.3, 0.4) is 0 Å². The molecule has 1 amide bonds. The second kappa shape index (κ2) is 8.66. The molecular formula is C20H25N5O4S. The van der Waals surface area contributed by atoms with Gasteiger partial charge in [0.1, 0.15) is 16.4 Å². The Bertz CT molecular complexity index is 1110. The molecule has 1 aliphatic heterocycles. The highest BCUT2D eigenvalue weighted by atomic mass is 32.1. The van der Waals surface area contributed by atoms with Crippen molar-refractivity contribution in [3.05, 3.63) is 32.2 Å². The van der Waals surface area contributed by atoms with Gasteiger partial charge in [-0.1, -0.05) is 11.6 Å². The lowest BCUT2D eigenvalue weighted by atomic mass is 10.0. The first kappa shape index (κ1) is 20.7. The average molecular weight is 432 g/mol. The van der Waals surface area contributed by atoms with Gasteiger partial charge in [-0.3, -0.25) is 19.7 Å². The third-order valence-corrected chi connectivity index (χ3v) is 6.67. The van der Waals surface area contributed by atoms with Gasteiger partial charge in [0, 0.05) is 24.4 Å². The topological polar surface area (TPSA) is 124 Å². The summed E-state index contributed by atoms with van der Waals surface area (Å²) >= 11 is 1.59. The van der Waals surface area contributed by atoms with Crippen molar-refractivity contribution in [2.75, 3.05) is 13.1 Å². The lowest BCUT2D eigenvalue weighted by molar-refractivity contribution is -0.129. The van der Waals surface area contributed by atoms with Crippen LogP contribution in [0.25, 0.3) is 21.6 Å². The van der Waals surface area contributed by atoms with Gasteiger partial charge in [0.25, 0.3) is 5.56 Å². The fraction of sp³-hybridized carbons (Fsp3) is 0.500. The molecule has 0 saturated heterocycles. The quantitative estimate of drug-likeness (QED) is 0.298. The maximum Gasteiger partial charge on any atom is 0.260 e. The largest absolute Gasteiger partial charge is 0.361 e. The second-order valence-corrected chi connectivity index (χ2v) is 8.75. The van der Waals surface area contributed by atoms with Gasteiger partial charge in [0.15, 0.2) is 0 Å². The molecule has 9 nitrogen and oxygen atoms in total. The van der Waals surface area contributed by atoms with Crippen molar-refractivity contribution >= 4 is 27.5 Å². The van der Waals surface area contributed by atoms with Gasteiger partial charge in [-0.25, -0.2) is 10.5 Å². The van der Waals surface area contributed by atoms with Gasteiger partial charge >= 0.3 is 0 Å². The van der Waals surface area contributed by atoms with Gasteiger partial charge in [-0.05, 0) is 45.2 Å². The van der Waals surface area contributed by atoms with Crippen LogP contribution < -0.4 is 11.0 Å². The van der Waals surface area contributed by atoms with E-state index < -0.39 is 0 Å². The first-order valence-corrected chi connectivity index (χ1v) is 10.9. The van der Waals surface area contributed by atoms with Crippen LogP contribution >= 0.6 is 11.3 Å². The molecule has 3 aromatic heterocycles. The summed E-state index contributed by atoms with van der Waals surface area (Å²) in [6.45, 7) is 6.31. The number of H-pyrrole nitrogens is 1. The maximum atomic E-state index is 12.9. The van der Waals surface area contributed by atoms with Crippen LogP contribution in [-0.4, -0.2) is 44.2 Å². The molecule has 0 aromatic carbocycles. The van der Waals surface area contributed by atoms with Gasteiger partial charge in [-0.15, -0.1) is 11.3 Å². The lowest BCUT2D eigenvalue weighted by Crippen LogP contribution is -2.31. The van der Waals surface area contributed by atoms with Gasteiger partial charge in [0.2, 0.25) is 5.91 Å². The van der Waals surface area contributed by atoms with E-state index in [2.05, 4.69) is 15.0 Å². The Labute approximate surface area is 177 Å². The fourth-order valence-electron chi connectivity index (χ4n) is 4.04. The standard InChI is InChI=1S/C20H25N5O4S/c1-11-16(12(2)29-24-11)18-21-19(27)17-13-7-9-25(10-14(13)30-20(17)22-18)8-5-3-4-6-15(26)23-28/h28H,3-10H2,1-2H3,(H,23,26)(H,21,22,27). The average Bonchev–Trinajstić information content (AvgIpc) is 3.26. The molecule has 0 radical (unpaired) electrons. The predicted molar refractivity (Wildman–Crippen MR) is 113 cm³/mol. The number of hydroxylamine groups is 1. The number of carbonyl (C=O) groups is 1. The van der Waals surface area contributed by atoms with E-state index in [0.29, 0.717) is 29.1 Å². The molecule has 4 heterocycles. The van der Waals surface area contributed by atoms with E-state index in [9.17, 15) is 9.59 Å². The number of rotatable bonds is 7. The van der Waals surface area contributed by atoms with Crippen LogP contribution in [0.1, 0.15) is 47.6 Å². The predicted octanol–water partition coefficient (Wildman–Crippen LogP) is 2.68. The van der Waals surface area contributed by atoms with Gasteiger partial charge in [0.05, 0.1) is 16.6 Å². The summed E-state index contributed by atoms with van der Waals surface area (Å²) in [5, 5.41) is 13.2. The van der Waals surface area contributed by atoms with Crippen LogP contribution in [0, 0.1) is 13.8 Å². The Morgan fingerprint density at radius 3 is 2.90 bits per heavy atom. The lowest BCUT2D eigenvalue weighted by Gasteiger charge is -2.26. The molecule has 160 valence electrons. The molecule has 0 aliphatic carbocycles. The summed E-state index contributed by atoms with van der Waals surface area (Å²) in [6.07, 6.45) is 3.87. The van der Waals surface area contributed by atoms with Crippen molar-refractivity contribution in [2.24, 2.45) is 0 Å². The van der Waals surface area contributed by atoms with Crippen molar-refractivity contribution in [2.45, 2.75) is 52.5 Å². The number of hydrogen-bond donors (Lipinski definition) is 3. The number of nitrogens with zero attached hydrogens (tertiary/aromatic N) is 3. The zero-order valence-corrected chi connectivity index (χ0v) is 17.9. The van der Waals surface area contributed by atoms with Gasteiger partial charge < -0.3 is 9.51 Å². The van der Waals surface area contributed by atoms with E-state index >= 15 is 0 Å². The Balaban J connectivity index is 1.48. The van der Waals surface area contributed by atoms with Gasteiger partial charge in [-0.2, -0.15) is 0 Å². The molecule has 0 fully saturated rings. The zero-order chi connectivity index (χ0) is 21.3. The monoisotopic (exact) mass is 431 g/mol. The molecule has 1 aliphatic rings. The van der Waals surface area contributed by atoms with Crippen molar-refractivity contribution in [3.8, 4) is 11.4 Å². The number of carbonyl (C=O) groups excluding carboxylic acids is 1. The summed E-state index contributed by atoms with van der Waals surface area (Å²) in [5.41, 5.74) is 4.12. The molecule has 0 saturated carbocycles. The molecular weight excluding hydrogens is 406 g/mol. The summed E-state index contributed by atoms with van der Waals surface area (Å²) < 4.78 is 5.22. The van der Waals surface area contributed by atoms with Crippen molar-refractivity contribution < 1.29 is 14.5 Å². The summed E-state index contributed by atoms with van der Waals surface area (Å²) in [5.74, 6) is 0.807. The summed E-state index contributed by atoms with van der Waals surface area (Å²) in [6, 6.07) is 0. The molecule has 0 bridgehead atoms. The fourth-order valence-corrected chi connectivity index (χ4v) is 5.30. The minimum Gasteiger partial charge on any atom is -0.361 e. The summed E-state index contributed by atoms with van der Waals surface area (Å²) in [4.78, 5) is 35.9. The number of thiophene rings is 1. The Hall–Kier alpha value is -2.56. The highest BCUT2D eigenvalue weighted by Gasteiger charge is 2.24. The number of unbranched alkanes of at least 4 members (excludes halogenated alkanes) is 2. The molecule has 10 heteroatoms. The van der Waals surface area contributed by atoms with E-state index in [1.807, 2.05) is 13.8 Å². The number of aromatic amines is 1. The smallest absolute Gasteiger partial charge is 0.260 e. The van der Waals surface area contributed by atoms with E-state index in [4.69, 9.17) is 14.7 Å². The van der Waals surface area contributed by atoms with Crippen LogP contribution in [0.4, 0.5) is 0 Å². The number of hydrogen-bond acceptors (Lipinski definition) is 8. The maximum absolute atomic E-state index is 12.9. The molecule has 4 rings (SSSR count). The molecule has 0 atom stereocenters. The number of aryl methyl sites for hydroxylation is 2. The van der Waals surface area contributed by atoms with E-state index in [1.165, 1.54) is 4.88 Å². The first-order chi connectivity index (χ1) is 14.5. The number of aromatic nitrogens is 3. The zero-order valence-electron chi connectivity index (χ0n) is 17.1. The summed E-state index contributed by atoms with van der Waals surface area (Å²) in [7, 11) is 0. The molecule has 3 N–H and O–H groups in total. The highest BCUT2D eigenvalue weighted by Crippen LogP contribution is 2.34. The van der Waals surface area contributed by atoms with Crippen LogP contribution in [0.5, 0.6) is 0 Å². The Morgan fingerprint density at radius 1 is 1.33 bits per heavy atom. The van der Waals surface area contributed by atoms with E-state index in [0.717, 1.165) is 61.3 Å². The first-order valence-electron chi connectivity index (χ1n) is 10.1. The van der Waals surface area contributed by atoms with E-state index in [-0.39, 0.29) is 11.5 Å². The normalized spacial score (nSPS) is 14.2. The molecule has 3 aromatic rings. The third kappa shape index (κ3) is 4.03. The number of fused-ring (bicyclic) bond motifs is 3. The van der Waals surface area contributed by atoms with Crippen molar-refractivity contribution in [3.63, 3.8) is 0 Å². The Kier molecular flexibility index (Phi) is 5.98. The van der Waals surface area contributed by atoms with Crippen LogP contribution in [-0.2, 0) is 17.8 Å². The van der Waals surface area contributed by atoms with Crippen molar-refractivity contribution in [1.82, 2.24) is 25.5 Å². The minimum atomic E-state index is -0.337. The second-order valence-electron chi connectivity index (χ2n) is 7.67. The molecule has 30 heavy (non-hydrogen) atoms.